The number of carbonyl (C=O) groups excluding carboxylic acids is 1. The summed E-state index contributed by atoms with van der Waals surface area (Å²) in [6.45, 7) is 1.12. The Balaban J connectivity index is 0.00000289. The van der Waals surface area contributed by atoms with Gasteiger partial charge in [0.05, 0.1) is 16.6 Å². The minimum absolute atomic E-state index is 0. The van der Waals surface area contributed by atoms with Crippen LogP contribution in [0.4, 0.5) is 11.4 Å². The van der Waals surface area contributed by atoms with Crippen LogP contribution in [0, 0.1) is 5.92 Å². The molecule has 1 aliphatic rings. The second kappa shape index (κ2) is 10.7. The SMILES string of the molecule is O=C(Nc1ccccc1Cl)C1CCCN(c2c(-c3ccccc3)c3cc(Cl)ccc3[nH]c2=O)C1.[Cl-]. The van der Waals surface area contributed by atoms with E-state index in [9.17, 15) is 9.59 Å². The van der Waals surface area contributed by atoms with Crippen LogP contribution in [0.1, 0.15) is 12.8 Å². The smallest absolute Gasteiger partial charge is 0.272 e. The van der Waals surface area contributed by atoms with Crippen molar-refractivity contribution < 1.29 is 17.2 Å². The van der Waals surface area contributed by atoms with Gasteiger partial charge in [-0.25, -0.2) is 0 Å². The Hall–Kier alpha value is -2.99. The molecule has 1 atom stereocenters. The number of hydrogen-bond acceptors (Lipinski definition) is 3. The Morgan fingerprint density at radius 2 is 1.74 bits per heavy atom. The van der Waals surface area contributed by atoms with Gasteiger partial charge in [0.1, 0.15) is 5.69 Å². The highest BCUT2D eigenvalue weighted by Gasteiger charge is 2.30. The summed E-state index contributed by atoms with van der Waals surface area (Å²) in [5.41, 5.74) is 3.46. The largest absolute Gasteiger partial charge is 1.00 e. The second-order valence-electron chi connectivity index (χ2n) is 8.49. The highest BCUT2D eigenvalue weighted by atomic mass is 35.5. The Morgan fingerprint density at radius 3 is 2.51 bits per heavy atom. The third kappa shape index (κ3) is 5.18. The molecule has 8 heteroatoms. The summed E-state index contributed by atoms with van der Waals surface area (Å²) in [7, 11) is 0. The summed E-state index contributed by atoms with van der Waals surface area (Å²) in [6.07, 6.45) is 1.53. The van der Waals surface area contributed by atoms with Gasteiger partial charge in [-0.05, 0) is 48.7 Å². The number of aromatic nitrogens is 1. The van der Waals surface area contributed by atoms with Crippen LogP contribution in [0.15, 0.2) is 77.6 Å². The summed E-state index contributed by atoms with van der Waals surface area (Å²) in [5.74, 6) is -0.373. The maximum absolute atomic E-state index is 13.4. The maximum Gasteiger partial charge on any atom is 0.272 e. The number of fused-ring (bicyclic) bond motifs is 1. The van der Waals surface area contributed by atoms with Crippen molar-refractivity contribution in [3.63, 3.8) is 0 Å². The van der Waals surface area contributed by atoms with Gasteiger partial charge in [-0.3, -0.25) is 9.59 Å². The quantitative estimate of drug-likeness (QED) is 0.428. The van der Waals surface area contributed by atoms with Gasteiger partial charge in [-0.1, -0.05) is 65.7 Å². The van der Waals surface area contributed by atoms with Crippen molar-refractivity contribution in [1.82, 2.24) is 4.98 Å². The Morgan fingerprint density at radius 1 is 1.00 bits per heavy atom. The summed E-state index contributed by atoms with van der Waals surface area (Å²) < 4.78 is 0. The molecule has 4 aromatic rings. The van der Waals surface area contributed by atoms with Crippen molar-refractivity contribution in [3.8, 4) is 11.1 Å². The number of carbonyl (C=O) groups is 1. The predicted molar refractivity (Wildman–Crippen MR) is 140 cm³/mol. The molecule has 0 saturated carbocycles. The third-order valence-electron chi connectivity index (χ3n) is 6.25. The number of piperidine rings is 1. The molecule has 0 aliphatic carbocycles. The van der Waals surface area contributed by atoms with Crippen molar-refractivity contribution in [2.45, 2.75) is 12.8 Å². The van der Waals surface area contributed by atoms with E-state index < -0.39 is 0 Å². The van der Waals surface area contributed by atoms with Gasteiger partial charge in [-0.2, -0.15) is 0 Å². The molecule has 2 N–H and O–H groups in total. The van der Waals surface area contributed by atoms with Crippen LogP contribution in [-0.2, 0) is 4.79 Å². The van der Waals surface area contributed by atoms with Crippen LogP contribution in [0.2, 0.25) is 10.0 Å². The number of anilines is 2. The highest BCUT2D eigenvalue weighted by Crippen LogP contribution is 2.37. The molecule has 35 heavy (non-hydrogen) atoms. The average molecular weight is 528 g/mol. The number of benzene rings is 3. The van der Waals surface area contributed by atoms with Gasteiger partial charge in [0.25, 0.3) is 5.56 Å². The monoisotopic (exact) mass is 526 g/mol. The Labute approximate surface area is 219 Å². The van der Waals surface area contributed by atoms with Crippen LogP contribution >= 0.6 is 23.2 Å². The van der Waals surface area contributed by atoms with Crippen molar-refractivity contribution in [2.24, 2.45) is 5.92 Å². The van der Waals surface area contributed by atoms with Gasteiger partial charge in [0.15, 0.2) is 0 Å². The maximum atomic E-state index is 13.4. The Bertz CT molecular complexity index is 1420. The molecule has 180 valence electrons. The third-order valence-corrected chi connectivity index (χ3v) is 6.82. The number of H-pyrrole nitrogens is 1. The summed E-state index contributed by atoms with van der Waals surface area (Å²) in [4.78, 5) is 31.5. The molecule has 2 heterocycles. The molecule has 1 unspecified atom stereocenters. The fourth-order valence-corrected chi connectivity index (χ4v) is 5.00. The van der Waals surface area contributed by atoms with Crippen molar-refractivity contribution in [3.05, 3.63) is 93.2 Å². The summed E-state index contributed by atoms with van der Waals surface area (Å²) in [6, 6.07) is 22.5. The number of para-hydroxylation sites is 1. The van der Waals surface area contributed by atoms with Crippen LogP contribution < -0.4 is 28.2 Å². The molecule has 1 amide bonds. The van der Waals surface area contributed by atoms with E-state index in [1.807, 2.05) is 59.5 Å². The number of aromatic amines is 1. The molecule has 0 bridgehead atoms. The highest BCUT2D eigenvalue weighted by molar-refractivity contribution is 6.33. The van der Waals surface area contributed by atoms with E-state index in [2.05, 4.69) is 10.3 Å². The van der Waals surface area contributed by atoms with Gasteiger partial charge in [-0.15, -0.1) is 0 Å². The van der Waals surface area contributed by atoms with E-state index in [1.54, 1.807) is 18.2 Å². The molecule has 5 rings (SSSR count). The fraction of sp³-hybridized carbons (Fsp3) is 0.185. The van der Waals surface area contributed by atoms with Crippen LogP contribution in [-0.4, -0.2) is 24.0 Å². The van der Waals surface area contributed by atoms with Crippen molar-refractivity contribution >= 4 is 51.4 Å². The van der Waals surface area contributed by atoms with Gasteiger partial charge < -0.3 is 27.6 Å². The first-order valence-electron chi connectivity index (χ1n) is 11.2. The number of amides is 1. The summed E-state index contributed by atoms with van der Waals surface area (Å²) in [5, 5.41) is 4.91. The molecule has 1 saturated heterocycles. The normalized spacial score (nSPS) is 15.5. The van der Waals surface area contributed by atoms with Gasteiger partial charge >= 0.3 is 0 Å². The number of nitrogens with zero attached hydrogens (tertiary/aromatic N) is 1. The molecular formula is C27H23Cl3N3O2-. The zero-order chi connectivity index (χ0) is 23.7. The van der Waals surface area contributed by atoms with E-state index in [4.69, 9.17) is 23.2 Å². The lowest BCUT2D eigenvalue weighted by Crippen LogP contribution is -3.00. The van der Waals surface area contributed by atoms with Crippen LogP contribution in [0.3, 0.4) is 0 Å². The first-order chi connectivity index (χ1) is 16.5. The topological polar surface area (TPSA) is 65.2 Å². The predicted octanol–water partition coefficient (Wildman–Crippen LogP) is 3.36. The minimum Gasteiger partial charge on any atom is -1.00 e. The molecule has 1 aliphatic heterocycles. The standard InChI is InChI=1S/C27H23Cl2N3O2.ClH/c28-19-12-13-22-20(15-19)24(17-7-2-1-3-8-17)25(27(34)30-22)32-14-6-9-18(16-32)26(33)31-23-11-5-4-10-21(23)29;/h1-5,7-8,10-13,15,18H,6,9,14,16H2,(H,30,34)(H,31,33);1H/p-1. The molecule has 3 aromatic carbocycles. The average Bonchev–Trinajstić information content (AvgIpc) is 2.85. The lowest BCUT2D eigenvalue weighted by atomic mass is 9.93. The van der Waals surface area contributed by atoms with Gasteiger partial charge in [0.2, 0.25) is 5.91 Å². The minimum atomic E-state index is -0.275. The lowest BCUT2D eigenvalue weighted by molar-refractivity contribution is -0.120. The first kappa shape index (κ1) is 25.1. The molecular weight excluding hydrogens is 505 g/mol. The van der Waals surface area contributed by atoms with Gasteiger partial charge in [0, 0.05) is 34.6 Å². The Kier molecular flexibility index (Phi) is 7.70. The fourth-order valence-electron chi connectivity index (χ4n) is 4.65. The number of nitrogens with one attached hydrogen (secondary N) is 2. The number of rotatable bonds is 4. The molecule has 1 aromatic heterocycles. The first-order valence-corrected chi connectivity index (χ1v) is 12.0. The van der Waals surface area contributed by atoms with E-state index >= 15 is 0 Å². The van der Waals surface area contributed by atoms with E-state index in [0.29, 0.717) is 34.5 Å². The number of pyridine rings is 1. The van der Waals surface area contributed by atoms with Crippen molar-refractivity contribution in [1.29, 1.82) is 0 Å². The van der Waals surface area contributed by atoms with E-state index in [1.165, 1.54) is 0 Å². The molecule has 1 fully saturated rings. The summed E-state index contributed by atoms with van der Waals surface area (Å²) >= 11 is 12.6. The number of hydrogen-bond donors (Lipinski definition) is 2. The molecule has 0 radical (unpaired) electrons. The zero-order valence-electron chi connectivity index (χ0n) is 18.7. The van der Waals surface area contributed by atoms with Crippen LogP contribution in [0.25, 0.3) is 22.0 Å². The number of halogens is 3. The van der Waals surface area contributed by atoms with E-state index in [0.717, 1.165) is 34.9 Å². The second-order valence-corrected chi connectivity index (χ2v) is 9.33. The lowest BCUT2D eigenvalue weighted by Gasteiger charge is -2.34. The van der Waals surface area contributed by atoms with E-state index in [-0.39, 0.29) is 29.8 Å². The zero-order valence-corrected chi connectivity index (χ0v) is 21.0. The van der Waals surface area contributed by atoms with Crippen molar-refractivity contribution in [2.75, 3.05) is 23.3 Å². The molecule has 0 spiro atoms. The molecule has 5 nitrogen and oxygen atoms in total. The van der Waals surface area contributed by atoms with Crippen LogP contribution in [0.5, 0.6) is 0 Å².